The summed E-state index contributed by atoms with van der Waals surface area (Å²) >= 11 is 0. The molecule has 6 nitrogen and oxygen atoms in total. The SMILES string of the molecule is C=C(C)[C@@H](CO)c1ccc2c(c1OC)C(=O)OCc1cc(C)cc(O)c1O2. The maximum absolute atomic E-state index is 12.7. The molecule has 0 spiro atoms. The highest BCUT2D eigenvalue weighted by Crippen LogP contribution is 2.44. The fraction of sp³-hybridized carbons (Fsp3) is 0.286. The van der Waals surface area contributed by atoms with Crippen molar-refractivity contribution in [3.05, 3.63) is 58.7 Å². The smallest absolute Gasteiger partial charge is 0.346 e. The Morgan fingerprint density at radius 1 is 1.37 bits per heavy atom. The van der Waals surface area contributed by atoms with Gasteiger partial charge in [0.2, 0.25) is 0 Å². The van der Waals surface area contributed by atoms with Gasteiger partial charge in [-0.2, -0.15) is 0 Å². The molecule has 2 aromatic rings. The fourth-order valence-corrected chi connectivity index (χ4v) is 3.25. The molecule has 0 radical (unpaired) electrons. The molecule has 0 bridgehead atoms. The van der Waals surface area contributed by atoms with E-state index in [4.69, 9.17) is 14.2 Å². The highest BCUT2D eigenvalue weighted by Gasteiger charge is 2.30. The third-order valence-electron chi connectivity index (χ3n) is 4.57. The first-order chi connectivity index (χ1) is 12.9. The van der Waals surface area contributed by atoms with Crippen LogP contribution in [0.15, 0.2) is 36.4 Å². The number of aryl methyl sites for hydroxylation is 1. The summed E-state index contributed by atoms with van der Waals surface area (Å²) in [6.45, 7) is 7.30. The number of benzene rings is 2. The number of fused-ring (bicyclic) bond motifs is 2. The van der Waals surface area contributed by atoms with Crippen LogP contribution < -0.4 is 9.47 Å². The van der Waals surface area contributed by atoms with Crippen LogP contribution in [0.3, 0.4) is 0 Å². The lowest BCUT2D eigenvalue weighted by molar-refractivity contribution is 0.0454. The van der Waals surface area contributed by atoms with Gasteiger partial charge >= 0.3 is 5.97 Å². The number of carbonyl (C=O) groups is 1. The molecule has 0 saturated carbocycles. The zero-order valence-corrected chi connectivity index (χ0v) is 15.5. The van der Waals surface area contributed by atoms with E-state index in [9.17, 15) is 15.0 Å². The van der Waals surface area contributed by atoms with E-state index in [0.29, 0.717) is 11.1 Å². The number of phenolic OH excluding ortho intramolecular Hbond substituents is 1. The molecule has 2 N–H and O–H groups in total. The number of hydrogen-bond donors (Lipinski definition) is 2. The van der Waals surface area contributed by atoms with E-state index in [2.05, 4.69) is 6.58 Å². The zero-order chi connectivity index (χ0) is 19.7. The Bertz CT molecular complexity index is 915. The molecule has 0 aliphatic carbocycles. The number of aliphatic hydroxyl groups is 1. The number of rotatable bonds is 4. The standard InChI is InChI=1S/C21H22O6/c1-11(2)15(9-22)14-5-6-17-18(20(14)25-4)21(24)26-10-13-7-12(3)8-16(23)19(13)27-17/h5-8,15,22-23H,1,9-10H2,2-4H3/t15-/m1/s1. The lowest BCUT2D eigenvalue weighted by Gasteiger charge is -2.24. The van der Waals surface area contributed by atoms with Crippen LogP contribution in [-0.4, -0.2) is 29.9 Å². The van der Waals surface area contributed by atoms with E-state index in [0.717, 1.165) is 11.1 Å². The molecule has 1 atom stereocenters. The summed E-state index contributed by atoms with van der Waals surface area (Å²) in [5.74, 6) is -0.329. The third kappa shape index (κ3) is 3.36. The van der Waals surface area contributed by atoms with Crippen molar-refractivity contribution in [3.63, 3.8) is 0 Å². The minimum Gasteiger partial charge on any atom is -0.504 e. The average Bonchev–Trinajstić information content (AvgIpc) is 2.61. The predicted octanol–water partition coefficient (Wildman–Crippen LogP) is 3.82. The lowest BCUT2D eigenvalue weighted by atomic mass is 9.91. The first-order valence-corrected chi connectivity index (χ1v) is 8.52. The predicted molar refractivity (Wildman–Crippen MR) is 99.7 cm³/mol. The van der Waals surface area contributed by atoms with Crippen LogP contribution in [0, 0.1) is 6.92 Å². The van der Waals surface area contributed by atoms with Gasteiger partial charge in [-0.05, 0) is 37.6 Å². The van der Waals surface area contributed by atoms with Gasteiger partial charge in [0.25, 0.3) is 0 Å². The normalized spacial score (nSPS) is 14.0. The van der Waals surface area contributed by atoms with Crippen molar-refractivity contribution in [2.45, 2.75) is 26.4 Å². The first-order valence-electron chi connectivity index (χ1n) is 8.52. The Morgan fingerprint density at radius 3 is 2.74 bits per heavy atom. The van der Waals surface area contributed by atoms with Gasteiger partial charge in [0.1, 0.15) is 23.7 Å². The Balaban J connectivity index is 2.20. The molecule has 142 valence electrons. The number of esters is 1. The Morgan fingerprint density at radius 2 is 2.11 bits per heavy atom. The maximum Gasteiger partial charge on any atom is 0.346 e. The second kappa shape index (κ2) is 7.32. The molecule has 3 rings (SSSR count). The van der Waals surface area contributed by atoms with Crippen LogP contribution in [0.1, 0.15) is 39.9 Å². The van der Waals surface area contributed by atoms with E-state index in [1.807, 2.05) is 6.92 Å². The van der Waals surface area contributed by atoms with Gasteiger partial charge in [-0.15, -0.1) is 0 Å². The minimum atomic E-state index is -0.603. The van der Waals surface area contributed by atoms with Crippen LogP contribution in [0.25, 0.3) is 0 Å². The number of cyclic esters (lactones) is 1. The number of aliphatic hydroxyl groups excluding tert-OH is 1. The van der Waals surface area contributed by atoms with Gasteiger partial charge < -0.3 is 24.4 Å². The Kier molecular flexibility index (Phi) is 5.10. The molecule has 0 saturated heterocycles. The number of methoxy groups -OCH3 is 1. The second-order valence-electron chi connectivity index (χ2n) is 6.59. The topological polar surface area (TPSA) is 85.2 Å². The molecule has 0 amide bonds. The van der Waals surface area contributed by atoms with Crippen molar-refractivity contribution in [2.75, 3.05) is 13.7 Å². The zero-order valence-electron chi connectivity index (χ0n) is 15.5. The van der Waals surface area contributed by atoms with Gasteiger partial charge in [-0.3, -0.25) is 0 Å². The highest BCUT2D eigenvalue weighted by molar-refractivity contribution is 5.97. The van der Waals surface area contributed by atoms with E-state index in [1.165, 1.54) is 7.11 Å². The van der Waals surface area contributed by atoms with Crippen molar-refractivity contribution in [1.29, 1.82) is 0 Å². The number of ether oxygens (including phenoxy) is 3. The second-order valence-corrected chi connectivity index (χ2v) is 6.59. The summed E-state index contributed by atoms with van der Waals surface area (Å²) in [6, 6.07) is 6.69. The molecule has 0 fully saturated rings. The van der Waals surface area contributed by atoms with Gasteiger partial charge in [-0.25, -0.2) is 4.79 Å². The number of hydrogen-bond acceptors (Lipinski definition) is 6. The summed E-state index contributed by atoms with van der Waals surface area (Å²) in [7, 11) is 1.44. The van der Waals surface area contributed by atoms with Gasteiger partial charge in [-0.1, -0.05) is 18.2 Å². The fourth-order valence-electron chi connectivity index (χ4n) is 3.25. The largest absolute Gasteiger partial charge is 0.504 e. The molecule has 1 heterocycles. The molecule has 6 heteroatoms. The minimum absolute atomic E-state index is 0.0351. The average molecular weight is 370 g/mol. The molecular formula is C21H22O6. The van der Waals surface area contributed by atoms with Crippen molar-refractivity contribution >= 4 is 5.97 Å². The Labute approximate surface area is 157 Å². The summed E-state index contributed by atoms with van der Waals surface area (Å²) in [6.07, 6.45) is 0. The Hall–Kier alpha value is -2.99. The van der Waals surface area contributed by atoms with Crippen LogP contribution in [-0.2, 0) is 11.3 Å². The van der Waals surface area contributed by atoms with Crippen molar-refractivity contribution in [2.24, 2.45) is 0 Å². The molecule has 0 aromatic heterocycles. The van der Waals surface area contributed by atoms with Crippen LogP contribution >= 0.6 is 0 Å². The molecule has 0 unspecified atom stereocenters. The monoisotopic (exact) mass is 370 g/mol. The van der Waals surface area contributed by atoms with E-state index >= 15 is 0 Å². The highest BCUT2D eigenvalue weighted by atomic mass is 16.5. The number of phenols is 1. The molecule has 2 aromatic carbocycles. The summed E-state index contributed by atoms with van der Waals surface area (Å²) in [4.78, 5) is 12.7. The molecule has 27 heavy (non-hydrogen) atoms. The van der Waals surface area contributed by atoms with Gasteiger partial charge in [0.15, 0.2) is 11.5 Å². The summed E-state index contributed by atoms with van der Waals surface area (Å²) in [5.41, 5.74) is 2.85. The maximum atomic E-state index is 12.7. The number of carbonyl (C=O) groups excluding carboxylic acids is 1. The van der Waals surface area contributed by atoms with Crippen molar-refractivity contribution in [1.82, 2.24) is 0 Å². The van der Waals surface area contributed by atoms with Crippen molar-refractivity contribution in [3.8, 4) is 23.0 Å². The van der Waals surface area contributed by atoms with E-state index in [1.54, 1.807) is 31.2 Å². The molecule has 1 aliphatic heterocycles. The third-order valence-corrected chi connectivity index (χ3v) is 4.57. The number of aromatic hydroxyl groups is 1. The van der Waals surface area contributed by atoms with Crippen molar-refractivity contribution < 1.29 is 29.2 Å². The van der Waals surface area contributed by atoms with Crippen LogP contribution in [0.5, 0.6) is 23.0 Å². The van der Waals surface area contributed by atoms with E-state index < -0.39 is 11.9 Å². The first kappa shape index (κ1) is 18.8. The van der Waals surface area contributed by atoms with Crippen LogP contribution in [0.2, 0.25) is 0 Å². The molecular weight excluding hydrogens is 348 g/mol. The summed E-state index contributed by atoms with van der Waals surface area (Å²) < 4.78 is 16.8. The molecule has 1 aliphatic rings. The van der Waals surface area contributed by atoms with E-state index in [-0.39, 0.29) is 41.8 Å². The van der Waals surface area contributed by atoms with Crippen LogP contribution in [0.4, 0.5) is 0 Å². The summed E-state index contributed by atoms with van der Waals surface area (Å²) in [5, 5.41) is 20.0. The lowest BCUT2D eigenvalue weighted by Crippen LogP contribution is -2.15. The van der Waals surface area contributed by atoms with Gasteiger partial charge in [0.05, 0.1) is 13.7 Å². The van der Waals surface area contributed by atoms with Gasteiger partial charge in [0, 0.05) is 17.0 Å². The quantitative estimate of drug-likeness (QED) is 0.629.